The minimum absolute atomic E-state index is 0.0202. The Morgan fingerprint density at radius 2 is 2.22 bits per heavy atom. The first-order chi connectivity index (χ1) is 8.50. The largest absolute Gasteiger partial charge is 0.486 e. The fourth-order valence-electron chi connectivity index (χ4n) is 2.16. The first-order valence-corrected chi connectivity index (χ1v) is 5.73. The van der Waals surface area contributed by atoms with E-state index in [4.69, 9.17) is 16.3 Å². The summed E-state index contributed by atoms with van der Waals surface area (Å²) in [7, 11) is 0. The van der Waals surface area contributed by atoms with Crippen LogP contribution < -0.4 is 10.2 Å². The lowest BCUT2D eigenvalue weighted by atomic mass is 10.1. The summed E-state index contributed by atoms with van der Waals surface area (Å²) in [6, 6.07) is 0.753. The van der Waals surface area contributed by atoms with Crippen LogP contribution in [-0.4, -0.2) is 11.2 Å². The van der Waals surface area contributed by atoms with Crippen LogP contribution in [0.1, 0.15) is 13.0 Å². The lowest BCUT2D eigenvalue weighted by molar-refractivity contribution is 0.233. The van der Waals surface area contributed by atoms with Crippen LogP contribution in [-0.2, 0) is 0 Å². The van der Waals surface area contributed by atoms with Gasteiger partial charge in [0, 0.05) is 6.20 Å². The molecule has 1 aromatic carbocycles. The molecule has 0 saturated carbocycles. The minimum atomic E-state index is -1.11. The maximum absolute atomic E-state index is 13.7. The highest BCUT2D eigenvalue weighted by atomic mass is 35.5. The van der Waals surface area contributed by atoms with Crippen molar-refractivity contribution in [1.29, 1.82) is 0 Å². The Kier molecular flexibility index (Phi) is 2.35. The van der Waals surface area contributed by atoms with Gasteiger partial charge < -0.3 is 9.30 Å². The molecule has 2 aromatic rings. The van der Waals surface area contributed by atoms with E-state index >= 15 is 0 Å². The quantitative estimate of drug-likeness (QED) is 0.738. The Morgan fingerprint density at radius 3 is 2.94 bits per heavy atom. The summed E-state index contributed by atoms with van der Waals surface area (Å²) in [5, 5.41) is 0.0103. The number of benzene rings is 1. The highest BCUT2D eigenvalue weighted by molar-refractivity contribution is 6.31. The molecule has 0 radical (unpaired) electrons. The molecule has 1 aliphatic heterocycles. The van der Waals surface area contributed by atoms with Crippen molar-refractivity contribution >= 4 is 22.5 Å². The number of hydrogen-bond acceptors (Lipinski definition) is 2. The molecule has 6 heteroatoms. The van der Waals surface area contributed by atoms with Gasteiger partial charge in [0.2, 0.25) is 11.2 Å². The number of nitrogens with zero attached hydrogens (tertiary/aromatic N) is 1. The van der Waals surface area contributed by atoms with Crippen LogP contribution in [0.15, 0.2) is 17.1 Å². The third-order valence-electron chi connectivity index (χ3n) is 3.07. The van der Waals surface area contributed by atoms with Gasteiger partial charge in [-0.05, 0) is 13.0 Å². The third kappa shape index (κ3) is 1.37. The zero-order valence-corrected chi connectivity index (χ0v) is 10.1. The van der Waals surface area contributed by atoms with E-state index in [1.165, 1.54) is 6.20 Å². The molecule has 0 amide bonds. The first-order valence-electron chi connectivity index (χ1n) is 5.36. The van der Waals surface area contributed by atoms with Gasteiger partial charge in [-0.15, -0.1) is 0 Å². The van der Waals surface area contributed by atoms with Gasteiger partial charge in [-0.1, -0.05) is 11.6 Å². The van der Waals surface area contributed by atoms with E-state index in [1.807, 2.05) is 6.92 Å². The molecule has 0 spiro atoms. The molecule has 2 heterocycles. The molecule has 1 atom stereocenters. The van der Waals surface area contributed by atoms with E-state index in [0.717, 1.165) is 6.07 Å². The molecule has 0 bridgehead atoms. The van der Waals surface area contributed by atoms with Crippen molar-refractivity contribution in [2.75, 3.05) is 6.61 Å². The van der Waals surface area contributed by atoms with Crippen LogP contribution in [0.5, 0.6) is 5.75 Å². The van der Waals surface area contributed by atoms with Gasteiger partial charge in [0.1, 0.15) is 11.6 Å². The summed E-state index contributed by atoms with van der Waals surface area (Å²) in [5.41, 5.74) is -0.275. The van der Waals surface area contributed by atoms with E-state index in [1.54, 1.807) is 4.57 Å². The molecule has 3 rings (SSSR count). The second kappa shape index (κ2) is 3.68. The van der Waals surface area contributed by atoms with Gasteiger partial charge >= 0.3 is 0 Å². The Labute approximate surface area is 106 Å². The molecular weight excluding hydrogens is 264 g/mol. The van der Waals surface area contributed by atoms with Crippen molar-refractivity contribution < 1.29 is 13.5 Å². The van der Waals surface area contributed by atoms with Crippen molar-refractivity contribution in [2.45, 2.75) is 13.0 Å². The Balaban J connectivity index is 2.60. The van der Waals surface area contributed by atoms with Crippen molar-refractivity contribution in [2.24, 2.45) is 0 Å². The third-order valence-corrected chi connectivity index (χ3v) is 3.34. The Bertz CT molecular complexity index is 726. The topological polar surface area (TPSA) is 31.2 Å². The van der Waals surface area contributed by atoms with Gasteiger partial charge in [0.05, 0.1) is 16.9 Å². The molecule has 0 N–H and O–H groups in total. The second-order valence-corrected chi connectivity index (χ2v) is 4.68. The minimum Gasteiger partial charge on any atom is -0.486 e. The van der Waals surface area contributed by atoms with Gasteiger partial charge in [0.15, 0.2) is 11.6 Å². The van der Waals surface area contributed by atoms with E-state index in [9.17, 15) is 13.6 Å². The summed E-state index contributed by atoms with van der Waals surface area (Å²) in [5.74, 6) is -2.42. The molecule has 18 heavy (non-hydrogen) atoms. The summed E-state index contributed by atoms with van der Waals surface area (Å²) in [6.07, 6.45) is 1.43. The normalized spacial score (nSPS) is 17.9. The number of rotatable bonds is 0. The molecule has 1 aliphatic rings. The van der Waals surface area contributed by atoms with Gasteiger partial charge in [-0.2, -0.15) is 4.39 Å². The van der Waals surface area contributed by atoms with Gasteiger partial charge in [-0.25, -0.2) is 4.39 Å². The fourth-order valence-corrected chi connectivity index (χ4v) is 2.37. The number of ether oxygens (including phenoxy) is 1. The first kappa shape index (κ1) is 11.5. The molecule has 1 aromatic heterocycles. The van der Waals surface area contributed by atoms with Crippen LogP contribution >= 0.6 is 11.6 Å². The summed E-state index contributed by atoms with van der Waals surface area (Å²) >= 11 is 5.82. The highest BCUT2D eigenvalue weighted by Crippen LogP contribution is 2.35. The van der Waals surface area contributed by atoms with Crippen molar-refractivity contribution in [1.82, 2.24) is 4.57 Å². The van der Waals surface area contributed by atoms with Crippen molar-refractivity contribution in [3.05, 3.63) is 39.1 Å². The predicted molar refractivity (Wildman–Crippen MR) is 63.3 cm³/mol. The maximum atomic E-state index is 13.7. The highest BCUT2D eigenvalue weighted by Gasteiger charge is 2.26. The lowest BCUT2D eigenvalue weighted by Gasteiger charge is -2.26. The molecule has 1 unspecified atom stereocenters. The zero-order valence-electron chi connectivity index (χ0n) is 9.34. The molecule has 0 saturated heterocycles. The number of pyridine rings is 1. The van der Waals surface area contributed by atoms with Crippen LogP contribution in [0.4, 0.5) is 8.78 Å². The summed E-state index contributed by atoms with van der Waals surface area (Å²) in [4.78, 5) is 11.9. The monoisotopic (exact) mass is 271 g/mol. The average Bonchev–Trinajstić information content (AvgIpc) is 2.34. The molecule has 94 valence electrons. The van der Waals surface area contributed by atoms with Gasteiger partial charge in [0.25, 0.3) is 0 Å². The number of halogens is 3. The molecule has 0 fully saturated rings. The summed E-state index contributed by atoms with van der Waals surface area (Å²) < 4.78 is 33.9. The number of hydrogen-bond donors (Lipinski definition) is 0. The maximum Gasteiger partial charge on any atom is 0.208 e. The summed E-state index contributed by atoms with van der Waals surface area (Å²) in [6.45, 7) is 2.03. The number of aromatic nitrogens is 1. The van der Waals surface area contributed by atoms with Crippen LogP contribution in [0.3, 0.4) is 0 Å². The van der Waals surface area contributed by atoms with Crippen LogP contribution in [0.25, 0.3) is 10.9 Å². The standard InChI is InChI=1S/C12H8ClF2NO2/c1-5-4-18-12-9(15)8(14)2-6-10(12)16(5)3-7(13)11(6)17/h2-3,5H,4H2,1H3. The van der Waals surface area contributed by atoms with Gasteiger partial charge in [-0.3, -0.25) is 4.79 Å². The zero-order chi connectivity index (χ0) is 13.0. The Morgan fingerprint density at radius 1 is 1.50 bits per heavy atom. The van der Waals surface area contributed by atoms with Crippen molar-refractivity contribution in [3.8, 4) is 5.75 Å². The van der Waals surface area contributed by atoms with Crippen molar-refractivity contribution in [3.63, 3.8) is 0 Å². The lowest BCUT2D eigenvalue weighted by Crippen LogP contribution is -2.24. The van der Waals surface area contributed by atoms with Crippen LogP contribution in [0.2, 0.25) is 5.02 Å². The smallest absolute Gasteiger partial charge is 0.208 e. The van der Waals surface area contributed by atoms with Crippen LogP contribution in [0, 0.1) is 11.6 Å². The molecule has 0 aliphatic carbocycles. The SMILES string of the molecule is CC1COc2c(F)c(F)cc3c(=O)c(Cl)cn1c23. The average molecular weight is 272 g/mol. The molecule has 3 nitrogen and oxygen atoms in total. The van der Waals surface area contributed by atoms with E-state index in [2.05, 4.69) is 0 Å². The Hall–Kier alpha value is -1.62. The predicted octanol–water partition coefficient (Wildman–Crippen LogP) is 2.89. The molecular formula is C12H8ClF2NO2. The van der Waals surface area contributed by atoms with E-state index < -0.39 is 17.1 Å². The second-order valence-electron chi connectivity index (χ2n) is 4.27. The fraction of sp³-hybridized carbons (Fsp3) is 0.250. The van der Waals surface area contributed by atoms with E-state index in [-0.39, 0.29) is 34.3 Å². The van der Waals surface area contributed by atoms with E-state index in [0.29, 0.717) is 0 Å².